The van der Waals surface area contributed by atoms with Crippen LogP contribution < -0.4 is 0 Å². The van der Waals surface area contributed by atoms with Crippen LogP contribution in [0.1, 0.15) is 39.5 Å². The third-order valence-electron chi connectivity index (χ3n) is 3.51. The summed E-state index contributed by atoms with van der Waals surface area (Å²) in [4.78, 5) is 13.3. The summed E-state index contributed by atoms with van der Waals surface area (Å²) in [5, 5.41) is 9.22. The molecule has 2 atom stereocenters. The maximum Gasteiger partial charge on any atom is 0.320 e. The number of piperidine rings is 1. The van der Waals surface area contributed by atoms with Crippen molar-refractivity contribution in [2.45, 2.75) is 45.6 Å². The number of nitrogens with zero attached hydrogens (tertiary/aromatic N) is 1. The molecule has 0 bridgehead atoms. The third-order valence-corrected chi connectivity index (χ3v) is 3.51. The first kappa shape index (κ1) is 13.2. The Kier molecular flexibility index (Phi) is 5.00. The first-order valence-corrected chi connectivity index (χ1v) is 6.15. The van der Waals surface area contributed by atoms with E-state index in [1.165, 1.54) is 0 Å². The maximum absolute atomic E-state index is 11.2. The van der Waals surface area contributed by atoms with Gasteiger partial charge in [-0.3, -0.25) is 9.69 Å². The van der Waals surface area contributed by atoms with Crippen molar-refractivity contribution < 1.29 is 9.90 Å². The van der Waals surface area contributed by atoms with Crippen LogP contribution >= 0.6 is 0 Å². The Balaban J connectivity index is 2.54. The molecule has 0 aromatic heterocycles. The second-order valence-electron chi connectivity index (χ2n) is 4.90. The van der Waals surface area contributed by atoms with Crippen LogP contribution in [-0.4, -0.2) is 35.1 Å². The van der Waals surface area contributed by atoms with Crippen LogP contribution in [0.2, 0.25) is 0 Å². The van der Waals surface area contributed by atoms with Crippen molar-refractivity contribution in [1.29, 1.82) is 0 Å². The molecular formula is C13H23NO2. The second-order valence-corrected chi connectivity index (χ2v) is 4.90. The normalized spacial score (nSPS) is 26.6. The number of hydrogen-bond acceptors (Lipinski definition) is 2. The van der Waals surface area contributed by atoms with E-state index in [-0.39, 0.29) is 6.04 Å². The number of carboxylic acids is 1. The van der Waals surface area contributed by atoms with Gasteiger partial charge in [-0.2, -0.15) is 0 Å². The molecule has 0 saturated carbocycles. The Morgan fingerprint density at radius 2 is 2.25 bits per heavy atom. The van der Waals surface area contributed by atoms with E-state index in [1.807, 2.05) is 6.92 Å². The molecule has 3 nitrogen and oxygen atoms in total. The molecule has 16 heavy (non-hydrogen) atoms. The summed E-state index contributed by atoms with van der Waals surface area (Å²) in [5.74, 6) is -0.0814. The van der Waals surface area contributed by atoms with E-state index < -0.39 is 5.97 Å². The Labute approximate surface area is 98.1 Å². The van der Waals surface area contributed by atoms with Crippen LogP contribution in [0.25, 0.3) is 0 Å². The lowest BCUT2D eigenvalue weighted by Crippen LogP contribution is -2.47. The first-order chi connectivity index (χ1) is 7.54. The lowest BCUT2D eigenvalue weighted by molar-refractivity contribution is -0.145. The lowest BCUT2D eigenvalue weighted by atomic mass is 9.88. The van der Waals surface area contributed by atoms with Gasteiger partial charge in [0.15, 0.2) is 0 Å². The van der Waals surface area contributed by atoms with Crippen molar-refractivity contribution in [3.63, 3.8) is 0 Å². The second kappa shape index (κ2) is 6.04. The average molecular weight is 225 g/mol. The van der Waals surface area contributed by atoms with Gasteiger partial charge in [-0.05, 0) is 38.6 Å². The molecule has 3 heteroatoms. The number of carboxylic acid groups (broad SMARTS) is 1. The van der Waals surface area contributed by atoms with Crippen LogP contribution in [0.3, 0.4) is 0 Å². The van der Waals surface area contributed by atoms with Crippen LogP contribution in [0, 0.1) is 5.92 Å². The molecule has 0 aromatic rings. The van der Waals surface area contributed by atoms with Crippen molar-refractivity contribution >= 4 is 5.97 Å². The molecule has 92 valence electrons. The number of likely N-dealkylation sites (tertiary alicyclic amines) is 1. The smallest absolute Gasteiger partial charge is 0.320 e. The predicted molar refractivity (Wildman–Crippen MR) is 65.4 cm³/mol. The standard InChI is InChI=1S/C13H23NO2/c1-4-11-6-8-14(7-5-10(2)3)12(9-11)13(15)16/h11-12H,2,4-9H2,1,3H3,(H,15,16). The van der Waals surface area contributed by atoms with E-state index in [1.54, 1.807) is 0 Å². The van der Waals surface area contributed by atoms with E-state index in [4.69, 9.17) is 0 Å². The summed E-state index contributed by atoms with van der Waals surface area (Å²) >= 11 is 0. The molecule has 2 unspecified atom stereocenters. The Morgan fingerprint density at radius 1 is 1.56 bits per heavy atom. The zero-order chi connectivity index (χ0) is 12.1. The maximum atomic E-state index is 11.2. The number of aliphatic carboxylic acids is 1. The number of carbonyl (C=O) groups is 1. The minimum absolute atomic E-state index is 0.280. The minimum Gasteiger partial charge on any atom is -0.480 e. The fourth-order valence-electron chi connectivity index (χ4n) is 2.32. The van der Waals surface area contributed by atoms with Gasteiger partial charge >= 0.3 is 5.97 Å². The van der Waals surface area contributed by atoms with Gasteiger partial charge in [-0.15, -0.1) is 6.58 Å². The Morgan fingerprint density at radius 3 is 2.75 bits per heavy atom. The zero-order valence-electron chi connectivity index (χ0n) is 10.4. The van der Waals surface area contributed by atoms with Gasteiger partial charge in [-0.25, -0.2) is 0 Å². The number of rotatable bonds is 5. The van der Waals surface area contributed by atoms with E-state index in [2.05, 4.69) is 18.4 Å². The van der Waals surface area contributed by atoms with Gasteiger partial charge in [0.2, 0.25) is 0 Å². The van der Waals surface area contributed by atoms with Gasteiger partial charge in [-0.1, -0.05) is 18.9 Å². The third kappa shape index (κ3) is 3.63. The van der Waals surface area contributed by atoms with Crippen molar-refractivity contribution in [2.24, 2.45) is 5.92 Å². The van der Waals surface area contributed by atoms with Crippen LogP contribution in [-0.2, 0) is 4.79 Å². The van der Waals surface area contributed by atoms with Gasteiger partial charge < -0.3 is 5.11 Å². The van der Waals surface area contributed by atoms with E-state index in [0.29, 0.717) is 5.92 Å². The molecule has 1 aliphatic heterocycles. The van der Waals surface area contributed by atoms with Crippen molar-refractivity contribution in [3.05, 3.63) is 12.2 Å². The fourth-order valence-corrected chi connectivity index (χ4v) is 2.32. The molecule has 1 fully saturated rings. The molecule has 0 spiro atoms. The van der Waals surface area contributed by atoms with Crippen molar-refractivity contribution in [3.8, 4) is 0 Å². The lowest BCUT2D eigenvalue weighted by Gasteiger charge is -2.36. The molecule has 1 saturated heterocycles. The van der Waals surface area contributed by atoms with Gasteiger partial charge in [0, 0.05) is 6.54 Å². The monoisotopic (exact) mass is 225 g/mol. The highest BCUT2D eigenvalue weighted by atomic mass is 16.4. The summed E-state index contributed by atoms with van der Waals surface area (Å²) in [6.07, 6.45) is 3.94. The van der Waals surface area contributed by atoms with E-state index >= 15 is 0 Å². The molecule has 0 aliphatic carbocycles. The van der Waals surface area contributed by atoms with E-state index in [0.717, 1.165) is 44.3 Å². The SMILES string of the molecule is C=C(C)CCN1CCC(CC)CC1C(=O)O. The molecule has 1 heterocycles. The zero-order valence-corrected chi connectivity index (χ0v) is 10.4. The molecule has 1 N–H and O–H groups in total. The highest BCUT2D eigenvalue weighted by molar-refractivity contribution is 5.73. The Hall–Kier alpha value is -0.830. The highest BCUT2D eigenvalue weighted by Gasteiger charge is 2.32. The van der Waals surface area contributed by atoms with Crippen LogP contribution in [0.5, 0.6) is 0 Å². The minimum atomic E-state index is -0.667. The molecule has 1 aliphatic rings. The van der Waals surface area contributed by atoms with Crippen LogP contribution in [0.4, 0.5) is 0 Å². The largest absolute Gasteiger partial charge is 0.480 e. The first-order valence-electron chi connectivity index (χ1n) is 6.15. The summed E-state index contributed by atoms with van der Waals surface area (Å²) in [5.41, 5.74) is 1.13. The van der Waals surface area contributed by atoms with Crippen molar-refractivity contribution in [1.82, 2.24) is 4.90 Å². The topological polar surface area (TPSA) is 40.5 Å². The molecule has 0 radical (unpaired) electrons. The molecule has 1 rings (SSSR count). The Bertz CT molecular complexity index is 263. The summed E-state index contributed by atoms with van der Waals surface area (Å²) in [6.45, 7) is 9.76. The van der Waals surface area contributed by atoms with Gasteiger partial charge in [0.05, 0.1) is 0 Å². The number of hydrogen-bond donors (Lipinski definition) is 1. The summed E-state index contributed by atoms with van der Waals surface area (Å²) in [7, 11) is 0. The quantitative estimate of drug-likeness (QED) is 0.731. The predicted octanol–water partition coefficient (Wildman–Crippen LogP) is 2.53. The van der Waals surface area contributed by atoms with E-state index in [9.17, 15) is 9.90 Å². The summed E-state index contributed by atoms with van der Waals surface area (Å²) in [6, 6.07) is -0.280. The highest BCUT2D eigenvalue weighted by Crippen LogP contribution is 2.25. The summed E-state index contributed by atoms with van der Waals surface area (Å²) < 4.78 is 0. The molecular weight excluding hydrogens is 202 g/mol. The van der Waals surface area contributed by atoms with Gasteiger partial charge in [0.1, 0.15) is 6.04 Å². The van der Waals surface area contributed by atoms with Gasteiger partial charge in [0.25, 0.3) is 0 Å². The van der Waals surface area contributed by atoms with Crippen molar-refractivity contribution in [2.75, 3.05) is 13.1 Å². The molecule has 0 aromatic carbocycles. The average Bonchev–Trinajstić information content (AvgIpc) is 2.25. The fraction of sp³-hybridized carbons (Fsp3) is 0.769. The van der Waals surface area contributed by atoms with Crippen LogP contribution in [0.15, 0.2) is 12.2 Å². The molecule has 0 amide bonds.